The Labute approximate surface area is 76.4 Å². The summed E-state index contributed by atoms with van der Waals surface area (Å²) in [5, 5.41) is 8.14. The number of amides is 1. The van der Waals surface area contributed by atoms with Gasteiger partial charge in [0.15, 0.2) is 0 Å². The molecule has 12 heavy (non-hydrogen) atoms. The molecule has 0 rings (SSSR count). The van der Waals surface area contributed by atoms with Crippen LogP contribution in [0.1, 0.15) is 27.7 Å². The molecule has 0 saturated carbocycles. The molecule has 1 amide bonds. The summed E-state index contributed by atoms with van der Waals surface area (Å²) < 4.78 is 0. The van der Waals surface area contributed by atoms with Crippen LogP contribution in [0.3, 0.4) is 0 Å². The average Bonchev–Trinajstić information content (AvgIpc) is 2.09. The zero-order valence-corrected chi connectivity index (χ0v) is 9.16. The summed E-state index contributed by atoms with van der Waals surface area (Å²) in [6.45, 7) is 8.25. The molecular weight excluding hydrogens is 154 g/mol. The summed E-state index contributed by atoms with van der Waals surface area (Å²) in [5.74, 6) is 0.440. The van der Waals surface area contributed by atoms with Gasteiger partial charge >= 0.3 is 0 Å². The number of carbonyl (C=O) groups excluding carboxylic acids is 1. The molecule has 0 radical (unpaired) electrons. The highest BCUT2D eigenvalue weighted by atomic mass is 16.3. The molecule has 0 atom stereocenters. The van der Waals surface area contributed by atoms with E-state index in [2.05, 4.69) is 0 Å². The van der Waals surface area contributed by atoms with E-state index in [1.807, 2.05) is 27.7 Å². The summed E-state index contributed by atoms with van der Waals surface area (Å²) in [6.07, 6.45) is 0.750. The van der Waals surface area contributed by atoms with Crippen LogP contribution in [0.15, 0.2) is 0 Å². The van der Waals surface area contributed by atoms with Crippen molar-refractivity contribution in [2.75, 3.05) is 20.7 Å². The molecule has 0 aliphatic heterocycles. The van der Waals surface area contributed by atoms with Crippen LogP contribution in [0, 0.1) is 5.92 Å². The Morgan fingerprint density at radius 2 is 1.50 bits per heavy atom. The summed E-state index contributed by atoms with van der Waals surface area (Å²) in [7, 11) is 3.38. The van der Waals surface area contributed by atoms with E-state index >= 15 is 0 Å². The first-order valence-corrected chi connectivity index (χ1v) is 4.27. The lowest BCUT2D eigenvalue weighted by atomic mass is 10.2. The third-order valence-electron chi connectivity index (χ3n) is 0.576. The average molecular weight is 177 g/mol. The maximum absolute atomic E-state index is 9.43. The number of aliphatic hydroxyl groups is 1. The molecule has 0 aliphatic rings. The molecule has 76 valence electrons. The highest BCUT2D eigenvalue weighted by Gasteiger charge is 1.81. The SMILES string of the molecule is CC.CC(C)CO.CN(C)C=O. The normalized spacial score (nSPS) is 7.33. The second-order valence-corrected chi connectivity index (χ2v) is 2.65. The molecule has 3 heteroatoms. The summed E-state index contributed by atoms with van der Waals surface area (Å²) in [5.41, 5.74) is 0. The second-order valence-electron chi connectivity index (χ2n) is 2.65. The van der Waals surface area contributed by atoms with Gasteiger partial charge in [-0.1, -0.05) is 27.7 Å². The molecule has 0 aliphatic carbocycles. The quantitative estimate of drug-likeness (QED) is 0.647. The van der Waals surface area contributed by atoms with Crippen molar-refractivity contribution in [1.29, 1.82) is 0 Å². The number of nitrogens with zero attached hydrogens (tertiary/aromatic N) is 1. The van der Waals surface area contributed by atoms with Crippen molar-refractivity contribution in [3.8, 4) is 0 Å². The molecule has 0 saturated heterocycles. The van der Waals surface area contributed by atoms with E-state index in [1.165, 1.54) is 4.90 Å². The predicted molar refractivity (Wildman–Crippen MR) is 53.0 cm³/mol. The Bertz CT molecular complexity index is 72.9. The van der Waals surface area contributed by atoms with E-state index in [1.54, 1.807) is 14.1 Å². The fourth-order valence-corrected chi connectivity index (χ4v) is 0. The Kier molecular flexibility index (Phi) is 24.5. The standard InChI is InChI=1S/C4H10O.C3H7NO.C2H6/c2*1-4(2)3-5;1-2/h4-5H,3H2,1-2H3;3H,1-2H3;1-2H3. The molecule has 0 aromatic carbocycles. The third-order valence-corrected chi connectivity index (χ3v) is 0.576. The number of hydrogen-bond acceptors (Lipinski definition) is 2. The Hall–Kier alpha value is -0.570. The van der Waals surface area contributed by atoms with Crippen LogP contribution in [-0.4, -0.2) is 37.1 Å². The largest absolute Gasteiger partial charge is 0.396 e. The number of aliphatic hydroxyl groups excluding tert-OH is 1. The summed E-state index contributed by atoms with van der Waals surface area (Å²) in [4.78, 5) is 10.9. The lowest BCUT2D eigenvalue weighted by Gasteiger charge is -1.93. The first-order chi connectivity index (χ1) is 5.54. The van der Waals surface area contributed by atoms with Crippen molar-refractivity contribution in [3.05, 3.63) is 0 Å². The van der Waals surface area contributed by atoms with Gasteiger partial charge in [0.2, 0.25) is 6.41 Å². The Balaban J connectivity index is -0.000000112. The van der Waals surface area contributed by atoms with Gasteiger partial charge in [-0.25, -0.2) is 0 Å². The molecule has 0 unspecified atom stereocenters. The minimum absolute atomic E-state index is 0.306. The van der Waals surface area contributed by atoms with Crippen molar-refractivity contribution < 1.29 is 9.90 Å². The van der Waals surface area contributed by atoms with Crippen molar-refractivity contribution in [1.82, 2.24) is 4.90 Å². The van der Waals surface area contributed by atoms with Crippen LogP contribution in [0.2, 0.25) is 0 Å². The minimum atomic E-state index is 0.306. The van der Waals surface area contributed by atoms with E-state index in [0.29, 0.717) is 12.5 Å². The first-order valence-electron chi connectivity index (χ1n) is 4.27. The predicted octanol–water partition coefficient (Wildman–Crippen LogP) is 1.37. The van der Waals surface area contributed by atoms with Gasteiger partial charge in [-0.15, -0.1) is 0 Å². The van der Waals surface area contributed by atoms with Crippen LogP contribution >= 0.6 is 0 Å². The van der Waals surface area contributed by atoms with Gasteiger partial charge in [-0.2, -0.15) is 0 Å². The molecule has 0 heterocycles. The summed E-state index contributed by atoms with van der Waals surface area (Å²) in [6, 6.07) is 0. The van der Waals surface area contributed by atoms with Gasteiger partial charge in [0, 0.05) is 20.7 Å². The van der Waals surface area contributed by atoms with E-state index in [9.17, 15) is 4.79 Å². The van der Waals surface area contributed by atoms with Gasteiger partial charge in [0.1, 0.15) is 0 Å². The van der Waals surface area contributed by atoms with Gasteiger partial charge < -0.3 is 10.0 Å². The monoisotopic (exact) mass is 177 g/mol. The number of hydrogen-bond donors (Lipinski definition) is 1. The van der Waals surface area contributed by atoms with Crippen LogP contribution in [-0.2, 0) is 4.79 Å². The second kappa shape index (κ2) is 16.8. The topological polar surface area (TPSA) is 40.5 Å². The lowest BCUT2D eigenvalue weighted by Crippen LogP contribution is -2.06. The molecule has 0 spiro atoms. The number of carbonyl (C=O) groups is 1. The van der Waals surface area contributed by atoms with Gasteiger partial charge in [-0.05, 0) is 5.92 Å². The fraction of sp³-hybridized carbons (Fsp3) is 0.889. The first kappa shape index (κ1) is 17.5. The van der Waals surface area contributed by atoms with E-state index < -0.39 is 0 Å². The van der Waals surface area contributed by atoms with Crippen molar-refractivity contribution >= 4 is 6.41 Å². The van der Waals surface area contributed by atoms with Crippen molar-refractivity contribution in [3.63, 3.8) is 0 Å². The van der Waals surface area contributed by atoms with Gasteiger partial charge in [0.25, 0.3) is 0 Å². The zero-order valence-electron chi connectivity index (χ0n) is 9.16. The molecule has 0 aromatic rings. The van der Waals surface area contributed by atoms with Crippen molar-refractivity contribution in [2.45, 2.75) is 27.7 Å². The van der Waals surface area contributed by atoms with Gasteiger partial charge in [0.05, 0.1) is 0 Å². The van der Waals surface area contributed by atoms with Crippen molar-refractivity contribution in [2.24, 2.45) is 5.92 Å². The molecule has 0 fully saturated rings. The molecule has 0 bridgehead atoms. The Morgan fingerprint density at radius 3 is 1.50 bits per heavy atom. The molecule has 1 N–H and O–H groups in total. The van der Waals surface area contributed by atoms with Gasteiger partial charge in [-0.3, -0.25) is 4.79 Å². The zero-order chi connectivity index (χ0) is 10.6. The number of rotatable bonds is 2. The van der Waals surface area contributed by atoms with E-state index in [4.69, 9.17) is 5.11 Å². The fourth-order valence-electron chi connectivity index (χ4n) is 0. The molecular formula is C9H23NO2. The van der Waals surface area contributed by atoms with E-state index in [0.717, 1.165) is 6.41 Å². The van der Waals surface area contributed by atoms with Crippen LogP contribution in [0.4, 0.5) is 0 Å². The lowest BCUT2D eigenvalue weighted by molar-refractivity contribution is -0.115. The Morgan fingerprint density at radius 1 is 1.33 bits per heavy atom. The maximum Gasteiger partial charge on any atom is 0.209 e. The summed E-state index contributed by atoms with van der Waals surface area (Å²) >= 11 is 0. The van der Waals surface area contributed by atoms with Crippen LogP contribution in [0.25, 0.3) is 0 Å². The highest BCUT2D eigenvalue weighted by molar-refractivity contribution is 5.45. The van der Waals surface area contributed by atoms with Crippen LogP contribution in [0.5, 0.6) is 0 Å². The third kappa shape index (κ3) is 57.0. The van der Waals surface area contributed by atoms with E-state index in [-0.39, 0.29) is 0 Å². The maximum atomic E-state index is 9.43. The van der Waals surface area contributed by atoms with Crippen LogP contribution < -0.4 is 0 Å². The molecule has 0 aromatic heterocycles. The smallest absolute Gasteiger partial charge is 0.209 e. The highest BCUT2D eigenvalue weighted by Crippen LogP contribution is 1.83. The molecule has 3 nitrogen and oxygen atoms in total. The minimum Gasteiger partial charge on any atom is -0.396 e.